The number of nitrogens with zero attached hydrogens (tertiary/aromatic N) is 4. The molecule has 55 heavy (non-hydrogen) atoms. The van der Waals surface area contributed by atoms with Gasteiger partial charge in [0.2, 0.25) is 0 Å². The van der Waals surface area contributed by atoms with E-state index < -0.39 is 0 Å². The highest BCUT2D eigenvalue weighted by Crippen LogP contribution is 2.39. The van der Waals surface area contributed by atoms with Crippen molar-refractivity contribution in [3.05, 3.63) is 188 Å². The molecule has 10 rings (SSSR count). The van der Waals surface area contributed by atoms with Crippen LogP contribution in [0.5, 0.6) is 0 Å². The summed E-state index contributed by atoms with van der Waals surface area (Å²) in [5.74, 6) is 1.68. The molecule has 0 aliphatic carbocycles. The van der Waals surface area contributed by atoms with Gasteiger partial charge in [-0.05, 0) is 86.6 Å². The van der Waals surface area contributed by atoms with Crippen molar-refractivity contribution >= 4 is 32.7 Å². The SMILES string of the molecule is N#Cc1cc(-c2cccc(-c3nc(-c4ccccc4)nc(-c4ccc5c(c4)oc4cccc(-c6cccc(-c7ccccc7)c6)c45)n3)c2)cc2ccccc12. The van der Waals surface area contributed by atoms with Crippen LogP contribution < -0.4 is 0 Å². The Bertz CT molecular complexity index is 3110. The van der Waals surface area contributed by atoms with Crippen molar-refractivity contribution in [1.82, 2.24) is 15.0 Å². The van der Waals surface area contributed by atoms with E-state index in [9.17, 15) is 5.26 Å². The van der Waals surface area contributed by atoms with Crippen LogP contribution in [0, 0.1) is 11.3 Å². The number of rotatable bonds is 6. The van der Waals surface area contributed by atoms with Crippen LogP contribution in [-0.2, 0) is 0 Å². The zero-order valence-electron chi connectivity index (χ0n) is 29.5. The summed E-state index contributed by atoms with van der Waals surface area (Å²) in [6, 6.07) is 64.1. The van der Waals surface area contributed by atoms with Gasteiger partial charge in [0.15, 0.2) is 17.5 Å². The van der Waals surface area contributed by atoms with Gasteiger partial charge in [0.25, 0.3) is 0 Å². The highest BCUT2D eigenvalue weighted by molar-refractivity contribution is 6.13. The van der Waals surface area contributed by atoms with E-state index in [1.165, 1.54) is 11.1 Å². The van der Waals surface area contributed by atoms with E-state index >= 15 is 0 Å². The number of aromatic nitrogens is 3. The molecule has 256 valence electrons. The van der Waals surface area contributed by atoms with Crippen molar-refractivity contribution in [1.29, 1.82) is 5.26 Å². The standard InChI is InChI=1S/C50H30N4O/c51-31-41-29-40(28-36-16-7-8-21-42(36)41)35-18-10-20-38(27-35)49-52-48(33-14-5-2-6-15-33)53-50(54-49)39-24-25-44-46(30-39)55-45-23-11-22-43(47(44)45)37-19-9-17-34(26-37)32-12-3-1-4-13-32/h1-30H. The van der Waals surface area contributed by atoms with Crippen LogP contribution in [0.25, 0.3) is 100 Å². The molecule has 10 aromatic rings. The summed E-state index contributed by atoms with van der Waals surface area (Å²) in [7, 11) is 0. The van der Waals surface area contributed by atoms with Gasteiger partial charge >= 0.3 is 0 Å². The minimum absolute atomic E-state index is 0.546. The molecule has 5 heteroatoms. The first kappa shape index (κ1) is 32.0. The second kappa shape index (κ2) is 13.4. The van der Waals surface area contributed by atoms with E-state index in [1.54, 1.807) is 0 Å². The van der Waals surface area contributed by atoms with Gasteiger partial charge in [0, 0.05) is 27.5 Å². The summed E-state index contributed by atoms with van der Waals surface area (Å²) in [5, 5.41) is 14.0. The van der Waals surface area contributed by atoms with Crippen molar-refractivity contribution in [3.63, 3.8) is 0 Å². The molecular weight excluding hydrogens is 673 g/mol. The lowest BCUT2D eigenvalue weighted by Gasteiger charge is -2.11. The summed E-state index contributed by atoms with van der Waals surface area (Å²) in [6.45, 7) is 0. The Hall–Kier alpha value is -7.68. The molecule has 0 atom stereocenters. The van der Waals surface area contributed by atoms with Gasteiger partial charge in [-0.25, -0.2) is 15.0 Å². The third-order valence-corrected chi connectivity index (χ3v) is 10.1. The van der Waals surface area contributed by atoms with Crippen molar-refractivity contribution in [2.45, 2.75) is 0 Å². The quantitative estimate of drug-likeness (QED) is 0.172. The first-order valence-corrected chi connectivity index (χ1v) is 18.2. The topological polar surface area (TPSA) is 75.6 Å². The molecule has 0 amide bonds. The smallest absolute Gasteiger partial charge is 0.164 e. The molecule has 5 nitrogen and oxygen atoms in total. The maximum atomic E-state index is 9.96. The largest absolute Gasteiger partial charge is 0.456 e. The Morgan fingerprint density at radius 3 is 1.73 bits per heavy atom. The van der Waals surface area contributed by atoms with Gasteiger partial charge in [0.05, 0.1) is 11.6 Å². The lowest BCUT2D eigenvalue weighted by molar-refractivity contribution is 0.669. The molecule has 0 spiro atoms. The van der Waals surface area contributed by atoms with Crippen molar-refractivity contribution < 1.29 is 4.42 Å². The minimum Gasteiger partial charge on any atom is -0.456 e. The van der Waals surface area contributed by atoms with Crippen LogP contribution in [0.4, 0.5) is 0 Å². The summed E-state index contributed by atoms with van der Waals surface area (Å²) in [4.78, 5) is 15.1. The second-order valence-corrected chi connectivity index (χ2v) is 13.5. The van der Waals surface area contributed by atoms with Crippen molar-refractivity contribution in [3.8, 4) is 73.6 Å². The Morgan fingerprint density at radius 2 is 0.964 bits per heavy atom. The number of fused-ring (bicyclic) bond motifs is 4. The summed E-state index contributed by atoms with van der Waals surface area (Å²) in [6.07, 6.45) is 0. The average molecular weight is 703 g/mol. The lowest BCUT2D eigenvalue weighted by Crippen LogP contribution is -2.00. The van der Waals surface area contributed by atoms with Gasteiger partial charge in [-0.2, -0.15) is 5.26 Å². The van der Waals surface area contributed by atoms with E-state index in [0.29, 0.717) is 23.0 Å². The van der Waals surface area contributed by atoms with Gasteiger partial charge in [-0.3, -0.25) is 0 Å². The molecule has 0 fully saturated rings. The van der Waals surface area contributed by atoms with Crippen LogP contribution in [0.2, 0.25) is 0 Å². The Balaban J connectivity index is 1.09. The normalized spacial score (nSPS) is 11.3. The first-order chi connectivity index (χ1) is 27.2. The zero-order chi connectivity index (χ0) is 36.7. The molecule has 0 saturated heterocycles. The molecular formula is C50H30N4O. The fourth-order valence-electron chi connectivity index (χ4n) is 7.46. The lowest BCUT2D eigenvalue weighted by atomic mass is 9.95. The Morgan fingerprint density at radius 1 is 0.382 bits per heavy atom. The van der Waals surface area contributed by atoms with E-state index in [1.807, 2.05) is 97.1 Å². The third kappa shape index (κ3) is 5.89. The van der Waals surface area contributed by atoms with Crippen LogP contribution >= 0.6 is 0 Å². The molecule has 8 aromatic carbocycles. The molecule has 0 N–H and O–H groups in total. The summed E-state index contributed by atoms with van der Waals surface area (Å²) >= 11 is 0. The highest BCUT2D eigenvalue weighted by Gasteiger charge is 2.17. The van der Waals surface area contributed by atoms with Crippen LogP contribution in [0.3, 0.4) is 0 Å². The van der Waals surface area contributed by atoms with E-state index in [4.69, 9.17) is 19.4 Å². The molecule has 0 radical (unpaired) electrons. The average Bonchev–Trinajstić information content (AvgIpc) is 3.65. The number of benzene rings is 8. The Labute approximate surface area is 317 Å². The van der Waals surface area contributed by atoms with Crippen LogP contribution in [0.1, 0.15) is 5.56 Å². The van der Waals surface area contributed by atoms with Crippen molar-refractivity contribution in [2.24, 2.45) is 0 Å². The molecule has 2 heterocycles. The van der Waals surface area contributed by atoms with Crippen LogP contribution in [0.15, 0.2) is 186 Å². The van der Waals surface area contributed by atoms with Crippen molar-refractivity contribution in [2.75, 3.05) is 0 Å². The van der Waals surface area contributed by atoms with Gasteiger partial charge in [-0.15, -0.1) is 0 Å². The number of hydrogen-bond acceptors (Lipinski definition) is 5. The zero-order valence-corrected chi connectivity index (χ0v) is 29.5. The molecule has 0 aliphatic rings. The summed E-state index contributed by atoms with van der Waals surface area (Å²) < 4.78 is 6.54. The van der Waals surface area contributed by atoms with Gasteiger partial charge in [-0.1, -0.05) is 140 Å². The van der Waals surface area contributed by atoms with Gasteiger partial charge < -0.3 is 4.42 Å². The highest BCUT2D eigenvalue weighted by atomic mass is 16.3. The van der Waals surface area contributed by atoms with E-state index in [0.717, 1.165) is 71.7 Å². The minimum atomic E-state index is 0.546. The van der Waals surface area contributed by atoms with Crippen LogP contribution in [-0.4, -0.2) is 15.0 Å². The molecule has 0 aliphatic heterocycles. The second-order valence-electron chi connectivity index (χ2n) is 13.5. The maximum Gasteiger partial charge on any atom is 0.164 e. The van der Waals surface area contributed by atoms with E-state index in [2.05, 4.69) is 91.0 Å². The predicted octanol–water partition coefficient (Wildman–Crippen LogP) is 12.8. The summed E-state index contributed by atoms with van der Waals surface area (Å²) in [5.41, 5.74) is 11.3. The molecule has 0 bridgehead atoms. The predicted molar refractivity (Wildman–Crippen MR) is 222 cm³/mol. The Kier molecular flexibility index (Phi) is 7.79. The number of nitriles is 1. The maximum absolute atomic E-state index is 9.96. The van der Waals surface area contributed by atoms with Gasteiger partial charge in [0.1, 0.15) is 11.2 Å². The molecule has 0 unspecified atom stereocenters. The number of furan rings is 1. The fraction of sp³-hybridized carbons (Fsp3) is 0. The third-order valence-electron chi connectivity index (χ3n) is 10.1. The molecule has 0 saturated carbocycles. The number of hydrogen-bond donors (Lipinski definition) is 0. The molecule has 2 aromatic heterocycles. The van der Waals surface area contributed by atoms with E-state index in [-0.39, 0.29) is 0 Å². The fourth-order valence-corrected chi connectivity index (χ4v) is 7.46. The monoisotopic (exact) mass is 702 g/mol. The first-order valence-electron chi connectivity index (χ1n) is 18.2.